The number of hydrogen-bond donors (Lipinski definition) is 1. The average Bonchev–Trinajstić information content (AvgIpc) is 2.95. The zero-order valence-electron chi connectivity index (χ0n) is 11.1. The fraction of sp³-hybridized carbons (Fsp3) is 0.533. The first-order valence-corrected chi connectivity index (χ1v) is 6.85. The van der Waals surface area contributed by atoms with E-state index in [-0.39, 0.29) is 0 Å². The van der Waals surface area contributed by atoms with E-state index in [9.17, 15) is 0 Å². The standard InChI is InChI=1S/C15H20N2O/c1-10(2)8-11-5-6-14-13(9-11)17-15(18-14)12-4-3-7-16-12/h5-6,9-10,12,16H,3-4,7-8H2,1-2H3. The summed E-state index contributed by atoms with van der Waals surface area (Å²) in [5.41, 5.74) is 3.25. The molecule has 2 heterocycles. The third-order valence-electron chi connectivity index (χ3n) is 3.47. The quantitative estimate of drug-likeness (QED) is 0.898. The smallest absolute Gasteiger partial charge is 0.212 e. The van der Waals surface area contributed by atoms with Gasteiger partial charge < -0.3 is 9.73 Å². The number of oxazole rings is 1. The number of benzene rings is 1. The van der Waals surface area contributed by atoms with Crippen molar-refractivity contribution in [3.05, 3.63) is 29.7 Å². The van der Waals surface area contributed by atoms with Crippen LogP contribution in [0.3, 0.4) is 0 Å². The average molecular weight is 244 g/mol. The van der Waals surface area contributed by atoms with Crippen LogP contribution in [-0.2, 0) is 6.42 Å². The molecule has 0 spiro atoms. The highest BCUT2D eigenvalue weighted by atomic mass is 16.3. The first-order chi connectivity index (χ1) is 8.72. The number of nitrogens with one attached hydrogen (secondary N) is 1. The molecule has 0 radical (unpaired) electrons. The van der Waals surface area contributed by atoms with Crippen molar-refractivity contribution >= 4 is 11.1 Å². The normalized spacial score (nSPS) is 20.1. The molecule has 0 aliphatic carbocycles. The molecule has 1 saturated heterocycles. The van der Waals surface area contributed by atoms with Crippen LogP contribution in [-0.4, -0.2) is 11.5 Å². The zero-order chi connectivity index (χ0) is 12.5. The minimum absolute atomic E-state index is 0.311. The highest BCUT2D eigenvalue weighted by Gasteiger charge is 2.21. The van der Waals surface area contributed by atoms with Gasteiger partial charge in [-0.2, -0.15) is 0 Å². The maximum atomic E-state index is 5.84. The van der Waals surface area contributed by atoms with Crippen LogP contribution < -0.4 is 5.32 Å². The molecule has 1 aliphatic rings. The van der Waals surface area contributed by atoms with E-state index >= 15 is 0 Å². The Balaban J connectivity index is 1.91. The summed E-state index contributed by atoms with van der Waals surface area (Å²) >= 11 is 0. The molecule has 3 nitrogen and oxygen atoms in total. The second-order valence-electron chi connectivity index (χ2n) is 5.60. The summed E-state index contributed by atoms with van der Waals surface area (Å²) < 4.78 is 5.84. The van der Waals surface area contributed by atoms with Gasteiger partial charge in [-0.15, -0.1) is 0 Å². The predicted molar refractivity (Wildman–Crippen MR) is 72.5 cm³/mol. The molecule has 1 N–H and O–H groups in total. The van der Waals surface area contributed by atoms with E-state index in [1.165, 1.54) is 12.0 Å². The highest BCUT2D eigenvalue weighted by Crippen LogP contribution is 2.26. The van der Waals surface area contributed by atoms with Gasteiger partial charge in [0.25, 0.3) is 0 Å². The molecule has 1 atom stereocenters. The van der Waals surface area contributed by atoms with Crippen LogP contribution in [0.25, 0.3) is 11.1 Å². The number of aromatic nitrogens is 1. The van der Waals surface area contributed by atoms with Gasteiger partial charge in [-0.1, -0.05) is 19.9 Å². The van der Waals surface area contributed by atoms with E-state index < -0.39 is 0 Å². The van der Waals surface area contributed by atoms with E-state index in [1.54, 1.807) is 0 Å². The van der Waals surface area contributed by atoms with E-state index in [0.717, 1.165) is 36.4 Å². The molecular formula is C15H20N2O. The maximum Gasteiger partial charge on any atom is 0.212 e. The van der Waals surface area contributed by atoms with Crippen LogP contribution in [0.2, 0.25) is 0 Å². The third kappa shape index (κ3) is 2.27. The SMILES string of the molecule is CC(C)Cc1ccc2oc(C3CCCN3)nc2c1. The summed E-state index contributed by atoms with van der Waals surface area (Å²) in [6.45, 7) is 5.55. The molecule has 1 aromatic heterocycles. The van der Waals surface area contributed by atoms with Crippen LogP contribution >= 0.6 is 0 Å². The third-order valence-corrected chi connectivity index (χ3v) is 3.47. The fourth-order valence-electron chi connectivity index (χ4n) is 2.63. The van der Waals surface area contributed by atoms with Crippen molar-refractivity contribution in [3.8, 4) is 0 Å². The Labute approximate surface area is 108 Å². The molecule has 0 amide bonds. The van der Waals surface area contributed by atoms with Gasteiger partial charge in [0, 0.05) is 0 Å². The lowest BCUT2D eigenvalue weighted by atomic mass is 10.0. The molecule has 1 unspecified atom stereocenters. The van der Waals surface area contributed by atoms with Crippen molar-refractivity contribution in [3.63, 3.8) is 0 Å². The molecule has 1 aliphatic heterocycles. The summed E-state index contributed by atoms with van der Waals surface area (Å²) in [7, 11) is 0. The summed E-state index contributed by atoms with van der Waals surface area (Å²) in [5.74, 6) is 1.52. The largest absolute Gasteiger partial charge is 0.439 e. The van der Waals surface area contributed by atoms with Gasteiger partial charge in [0.05, 0.1) is 6.04 Å². The molecule has 1 fully saturated rings. The van der Waals surface area contributed by atoms with E-state index in [1.807, 2.05) is 0 Å². The fourth-order valence-corrected chi connectivity index (χ4v) is 2.63. The predicted octanol–water partition coefficient (Wildman–Crippen LogP) is 3.45. The lowest BCUT2D eigenvalue weighted by Crippen LogP contribution is -2.12. The Morgan fingerprint density at radius 1 is 1.44 bits per heavy atom. The molecule has 3 heteroatoms. The summed E-state index contributed by atoms with van der Waals surface area (Å²) in [5, 5.41) is 3.42. The molecule has 0 saturated carbocycles. The van der Waals surface area contributed by atoms with Crippen molar-refractivity contribution in [1.29, 1.82) is 0 Å². The number of nitrogens with zero attached hydrogens (tertiary/aromatic N) is 1. The van der Waals surface area contributed by atoms with Gasteiger partial charge in [0.1, 0.15) is 5.52 Å². The van der Waals surface area contributed by atoms with Crippen LogP contribution in [0, 0.1) is 5.92 Å². The molecule has 2 aromatic rings. The van der Waals surface area contributed by atoms with Gasteiger partial charge in [0.2, 0.25) is 5.89 Å². The Morgan fingerprint density at radius 2 is 2.33 bits per heavy atom. The number of hydrogen-bond acceptors (Lipinski definition) is 3. The monoisotopic (exact) mass is 244 g/mol. The molecule has 3 rings (SSSR count). The summed E-state index contributed by atoms with van der Waals surface area (Å²) in [4.78, 5) is 4.63. The lowest BCUT2D eigenvalue weighted by molar-refractivity contribution is 0.452. The Bertz CT molecular complexity index is 538. The van der Waals surface area contributed by atoms with Crippen LogP contribution in [0.15, 0.2) is 22.6 Å². The van der Waals surface area contributed by atoms with Gasteiger partial charge in [0.15, 0.2) is 5.58 Å². The topological polar surface area (TPSA) is 38.1 Å². The molecular weight excluding hydrogens is 224 g/mol. The van der Waals surface area contributed by atoms with Crippen molar-refractivity contribution in [1.82, 2.24) is 10.3 Å². The molecule has 18 heavy (non-hydrogen) atoms. The summed E-state index contributed by atoms with van der Waals surface area (Å²) in [6, 6.07) is 6.68. The van der Waals surface area contributed by atoms with Gasteiger partial charge >= 0.3 is 0 Å². The first kappa shape index (κ1) is 11.7. The van der Waals surface area contributed by atoms with Gasteiger partial charge in [-0.05, 0) is 49.4 Å². The van der Waals surface area contributed by atoms with Crippen LogP contribution in [0.1, 0.15) is 44.2 Å². The van der Waals surface area contributed by atoms with E-state index in [2.05, 4.69) is 42.3 Å². The Kier molecular flexibility index (Phi) is 3.08. The van der Waals surface area contributed by atoms with Gasteiger partial charge in [-0.25, -0.2) is 4.98 Å². The second-order valence-corrected chi connectivity index (χ2v) is 5.60. The highest BCUT2D eigenvalue weighted by molar-refractivity contribution is 5.73. The number of rotatable bonds is 3. The maximum absolute atomic E-state index is 5.84. The van der Waals surface area contributed by atoms with Crippen molar-refractivity contribution in [2.75, 3.05) is 6.54 Å². The van der Waals surface area contributed by atoms with E-state index in [4.69, 9.17) is 4.42 Å². The zero-order valence-corrected chi connectivity index (χ0v) is 11.1. The lowest BCUT2D eigenvalue weighted by Gasteiger charge is -2.03. The van der Waals surface area contributed by atoms with Crippen molar-refractivity contribution < 1.29 is 4.42 Å². The minimum Gasteiger partial charge on any atom is -0.439 e. The van der Waals surface area contributed by atoms with Crippen molar-refractivity contribution in [2.24, 2.45) is 5.92 Å². The molecule has 96 valence electrons. The first-order valence-electron chi connectivity index (χ1n) is 6.85. The van der Waals surface area contributed by atoms with Crippen LogP contribution in [0.5, 0.6) is 0 Å². The van der Waals surface area contributed by atoms with E-state index in [0.29, 0.717) is 12.0 Å². The molecule has 1 aromatic carbocycles. The summed E-state index contributed by atoms with van der Waals surface area (Å²) in [6.07, 6.45) is 3.44. The molecule has 0 bridgehead atoms. The Morgan fingerprint density at radius 3 is 3.06 bits per heavy atom. The minimum atomic E-state index is 0.311. The second kappa shape index (κ2) is 4.73. The number of fused-ring (bicyclic) bond motifs is 1. The van der Waals surface area contributed by atoms with Gasteiger partial charge in [-0.3, -0.25) is 0 Å². The van der Waals surface area contributed by atoms with Crippen LogP contribution in [0.4, 0.5) is 0 Å². The van der Waals surface area contributed by atoms with Crippen molar-refractivity contribution in [2.45, 2.75) is 39.2 Å². The Hall–Kier alpha value is -1.35.